The lowest BCUT2D eigenvalue weighted by Crippen LogP contribution is -2.13. The summed E-state index contributed by atoms with van der Waals surface area (Å²) in [4.78, 5) is 11.0. The predicted molar refractivity (Wildman–Crippen MR) is 75.4 cm³/mol. The Morgan fingerprint density at radius 2 is 2.05 bits per heavy atom. The standard InChI is InChI=1S/C14H12ClFN2O2/c15-9-1-4-13(19)8(5-9)7-18-10-2-3-12(16)11(6-10)14(17)20/h1-6,18-19H,7H2,(H2,17,20). The number of carbonyl (C=O) groups is 1. The van der Waals surface area contributed by atoms with E-state index in [1.807, 2.05) is 0 Å². The maximum atomic E-state index is 13.3. The number of nitrogens with one attached hydrogen (secondary N) is 1. The first kappa shape index (κ1) is 14.1. The van der Waals surface area contributed by atoms with E-state index in [4.69, 9.17) is 17.3 Å². The summed E-state index contributed by atoms with van der Waals surface area (Å²) < 4.78 is 13.3. The van der Waals surface area contributed by atoms with Crippen LogP contribution in [0.25, 0.3) is 0 Å². The van der Waals surface area contributed by atoms with E-state index >= 15 is 0 Å². The normalized spacial score (nSPS) is 10.3. The molecule has 6 heteroatoms. The Kier molecular flexibility index (Phi) is 4.10. The van der Waals surface area contributed by atoms with Crippen molar-refractivity contribution in [3.05, 3.63) is 58.4 Å². The van der Waals surface area contributed by atoms with Crippen LogP contribution in [0.1, 0.15) is 15.9 Å². The highest BCUT2D eigenvalue weighted by Gasteiger charge is 2.09. The van der Waals surface area contributed by atoms with Gasteiger partial charge in [0.15, 0.2) is 0 Å². The van der Waals surface area contributed by atoms with E-state index < -0.39 is 11.7 Å². The number of hydrogen-bond donors (Lipinski definition) is 3. The number of rotatable bonds is 4. The molecule has 2 aromatic carbocycles. The number of amides is 1. The summed E-state index contributed by atoms with van der Waals surface area (Å²) in [5.74, 6) is -1.41. The zero-order valence-electron chi connectivity index (χ0n) is 10.4. The minimum Gasteiger partial charge on any atom is -0.508 e. The lowest BCUT2D eigenvalue weighted by Gasteiger charge is -2.10. The van der Waals surface area contributed by atoms with Gasteiger partial charge in [0.25, 0.3) is 5.91 Å². The van der Waals surface area contributed by atoms with Gasteiger partial charge in [-0.15, -0.1) is 0 Å². The van der Waals surface area contributed by atoms with Crippen LogP contribution in [0.2, 0.25) is 5.02 Å². The maximum Gasteiger partial charge on any atom is 0.251 e. The van der Waals surface area contributed by atoms with Crippen molar-refractivity contribution >= 4 is 23.2 Å². The van der Waals surface area contributed by atoms with Crippen LogP contribution in [0.4, 0.5) is 10.1 Å². The van der Waals surface area contributed by atoms with Gasteiger partial charge in [0.1, 0.15) is 11.6 Å². The first-order valence-electron chi connectivity index (χ1n) is 5.78. The fourth-order valence-corrected chi connectivity index (χ4v) is 1.91. The molecule has 0 radical (unpaired) electrons. The average Bonchev–Trinajstić information content (AvgIpc) is 2.41. The number of aromatic hydroxyl groups is 1. The Bertz CT molecular complexity index is 662. The predicted octanol–water partition coefficient (Wildman–Crippen LogP) is 2.90. The highest BCUT2D eigenvalue weighted by molar-refractivity contribution is 6.30. The lowest BCUT2D eigenvalue weighted by molar-refractivity contribution is 0.0996. The number of carbonyl (C=O) groups excluding carboxylic acids is 1. The van der Waals surface area contributed by atoms with E-state index in [0.717, 1.165) is 6.07 Å². The number of phenols is 1. The van der Waals surface area contributed by atoms with Crippen molar-refractivity contribution in [3.8, 4) is 5.75 Å². The Morgan fingerprint density at radius 1 is 1.30 bits per heavy atom. The molecule has 4 N–H and O–H groups in total. The number of benzene rings is 2. The molecule has 1 amide bonds. The van der Waals surface area contributed by atoms with Gasteiger partial charge in [-0.05, 0) is 36.4 Å². The quantitative estimate of drug-likeness (QED) is 0.811. The van der Waals surface area contributed by atoms with Crippen molar-refractivity contribution in [2.45, 2.75) is 6.54 Å². The van der Waals surface area contributed by atoms with Crippen molar-refractivity contribution in [1.82, 2.24) is 0 Å². The molecule has 0 aliphatic rings. The number of halogens is 2. The molecule has 0 saturated carbocycles. The van der Waals surface area contributed by atoms with E-state index in [0.29, 0.717) is 16.3 Å². The van der Waals surface area contributed by atoms with Gasteiger partial charge in [-0.1, -0.05) is 11.6 Å². The van der Waals surface area contributed by atoms with E-state index in [2.05, 4.69) is 5.32 Å². The molecule has 0 aliphatic heterocycles. The Balaban J connectivity index is 2.17. The minimum atomic E-state index is -0.836. The molecule has 0 atom stereocenters. The van der Waals surface area contributed by atoms with Crippen molar-refractivity contribution in [1.29, 1.82) is 0 Å². The van der Waals surface area contributed by atoms with Gasteiger partial charge >= 0.3 is 0 Å². The first-order chi connectivity index (χ1) is 9.47. The molecule has 0 aliphatic carbocycles. The third-order valence-corrected chi connectivity index (χ3v) is 2.99. The van der Waals surface area contributed by atoms with Crippen LogP contribution in [0, 0.1) is 5.82 Å². The maximum absolute atomic E-state index is 13.3. The summed E-state index contributed by atoms with van der Waals surface area (Å²) >= 11 is 5.84. The fraction of sp³-hybridized carbons (Fsp3) is 0.0714. The first-order valence-corrected chi connectivity index (χ1v) is 6.16. The lowest BCUT2D eigenvalue weighted by atomic mass is 10.1. The van der Waals surface area contributed by atoms with Crippen molar-refractivity contribution in [2.24, 2.45) is 5.73 Å². The molecular formula is C14H12ClFN2O2. The summed E-state index contributed by atoms with van der Waals surface area (Å²) in [5, 5.41) is 13.1. The van der Waals surface area contributed by atoms with Crippen LogP contribution < -0.4 is 11.1 Å². The molecule has 4 nitrogen and oxygen atoms in total. The molecule has 20 heavy (non-hydrogen) atoms. The fourth-order valence-electron chi connectivity index (χ4n) is 1.72. The van der Waals surface area contributed by atoms with Gasteiger partial charge in [0, 0.05) is 22.8 Å². The summed E-state index contributed by atoms with van der Waals surface area (Å²) in [6, 6.07) is 8.62. The third-order valence-electron chi connectivity index (χ3n) is 2.76. The van der Waals surface area contributed by atoms with Crippen molar-refractivity contribution < 1.29 is 14.3 Å². The molecule has 0 spiro atoms. The number of primary amides is 1. The summed E-state index contributed by atoms with van der Waals surface area (Å²) in [6.45, 7) is 0.274. The second-order valence-electron chi connectivity index (χ2n) is 4.19. The van der Waals surface area contributed by atoms with Gasteiger partial charge < -0.3 is 16.2 Å². The van der Waals surface area contributed by atoms with Crippen LogP contribution in [-0.2, 0) is 6.54 Å². The molecule has 2 aromatic rings. The molecule has 0 unspecified atom stereocenters. The SMILES string of the molecule is NC(=O)c1cc(NCc2cc(Cl)ccc2O)ccc1F. The molecule has 0 fully saturated rings. The average molecular weight is 295 g/mol. The second-order valence-corrected chi connectivity index (χ2v) is 4.62. The van der Waals surface area contributed by atoms with Gasteiger partial charge in [-0.2, -0.15) is 0 Å². The molecule has 0 aromatic heterocycles. The van der Waals surface area contributed by atoms with E-state index in [1.54, 1.807) is 12.1 Å². The summed E-state index contributed by atoms with van der Waals surface area (Å²) in [7, 11) is 0. The number of hydrogen-bond acceptors (Lipinski definition) is 3. The van der Waals surface area contributed by atoms with E-state index in [-0.39, 0.29) is 17.9 Å². The molecular weight excluding hydrogens is 283 g/mol. The number of anilines is 1. The third kappa shape index (κ3) is 3.19. The topological polar surface area (TPSA) is 75.4 Å². The van der Waals surface area contributed by atoms with Crippen LogP contribution in [0.15, 0.2) is 36.4 Å². The molecule has 104 valence electrons. The van der Waals surface area contributed by atoms with E-state index in [1.165, 1.54) is 18.2 Å². The van der Waals surface area contributed by atoms with Gasteiger partial charge in [-0.3, -0.25) is 4.79 Å². The zero-order chi connectivity index (χ0) is 14.7. The van der Waals surface area contributed by atoms with Crippen LogP contribution >= 0.6 is 11.6 Å². The van der Waals surface area contributed by atoms with Gasteiger partial charge in [0.05, 0.1) is 5.56 Å². The zero-order valence-corrected chi connectivity index (χ0v) is 11.1. The van der Waals surface area contributed by atoms with Gasteiger partial charge in [-0.25, -0.2) is 4.39 Å². The van der Waals surface area contributed by atoms with Gasteiger partial charge in [0.2, 0.25) is 0 Å². The summed E-state index contributed by atoms with van der Waals surface area (Å²) in [6.07, 6.45) is 0. The smallest absolute Gasteiger partial charge is 0.251 e. The van der Waals surface area contributed by atoms with Crippen LogP contribution in [0.3, 0.4) is 0 Å². The van der Waals surface area contributed by atoms with Crippen molar-refractivity contribution in [2.75, 3.05) is 5.32 Å². The highest BCUT2D eigenvalue weighted by Crippen LogP contribution is 2.23. The minimum absolute atomic E-state index is 0.0964. The molecule has 2 rings (SSSR count). The summed E-state index contributed by atoms with van der Waals surface area (Å²) in [5.41, 5.74) is 5.98. The van der Waals surface area contributed by atoms with Crippen LogP contribution in [0.5, 0.6) is 5.75 Å². The highest BCUT2D eigenvalue weighted by atomic mass is 35.5. The Hall–Kier alpha value is -2.27. The monoisotopic (exact) mass is 294 g/mol. The molecule has 0 heterocycles. The van der Waals surface area contributed by atoms with E-state index in [9.17, 15) is 14.3 Å². The Labute approximate surface area is 120 Å². The largest absolute Gasteiger partial charge is 0.508 e. The molecule has 0 bridgehead atoms. The number of phenolic OH excluding ortho intramolecular Hbond substituents is 1. The Morgan fingerprint density at radius 3 is 2.75 bits per heavy atom. The number of nitrogens with two attached hydrogens (primary N) is 1. The van der Waals surface area contributed by atoms with Crippen LogP contribution in [-0.4, -0.2) is 11.0 Å². The van der Waals surface area contributed by atoms with Crippen molar-refractivity contribution in [3.63, 3.8) is 0 Å². The second kappa shape index (κ2) is 5.79. The molecule has 0 saturated heterocycles.